The number of carboxylic acids is 1. The Balaban J connectivity index is 1.51. The van der Waals surface area contributed by atoms with Gasteiger partial charge in [0.1, 0.15) is 11.9 Å². The van der Waals surface area contributed by atoms with Gasteiger partial charge in [0.2, 0.25) is 0 Å². The van der Waals surface area contributed by atoms with E-state index in [-0.39, 0.29) is 12.2 Å². The van der Waals surface area contributed by atoms with Crippen LogP contribution in [0.4, 0.5) is 4.79 Å². The molecule has 1 heterocycles. The van der Waals surface area contributed by atoms with Gasteiger partial charge >= 0.3 is 12.1 Å². The van der Waals surface area contributed by atoms with E-state index in [0.717, 1.165) is 63.1 Å². The highest BCUT2D eigenvalue weighted by atomic mass is 16.6. The number of carbonyl (C=O) groups excluding carboxylic acids is 1. The molecule has 1 N–H and O–H groups in total. The first-order valence-electron chi connectivity index (χ1n) is 11.1. The van der Waals surface area contributed by atoms with Crippen LogP contribution in [0.3, 0.4) is 0 Å². The van der Waals surface area contributed by atoms with E-state index in [9.17, 15) is 14.7 Å². The van der Waals surface area contributed by atoms with E-state index in [1.807, 2.05) is 24.0 Å². The van der Waals surface area contributed by atoms with Crippen LogP contribution in [0.25, 0.3) is 0 Å². The van der Waals surface area contributed by atoms with Gasteiger partial charge < -0.3 is 19.5 Å². The van der Waals surface area contributed by atoms with Gasteiger partial charge in [0, 0.05) is 13.1 Å². The Morgan fingerprint density at radius 3 is 2.50 bits per heavy atom. The molecule has 0 bridgehead atoms. The lowest BCUT2D eigenvalue weighted by Crippen LogP contribution is -2.38. The third-order valence-electron chi connectivity index (χ3n) is 6.42. The van der Waals surface area contributed by atoms with Crippen LogP contribution < -0.4 is 4.74 Å². The molecule has 0 aromatic heterocycles. The Morgan fingerprint density at radius 1 is 1.17 bits per heavy atom. The molecule has 2 fully saturated rings. The smallest absolute Gasteiger partial charge is 0.410 e. The van der Waals surface area contributed by atoms with E-state index < -0.39 is 11.6 Å². The van der Waals surface area contributed by atoms with Crippen LogP contribution in [0.5, 0.6) is 5.75 Å². The second-order valence-corrected chi connectivity index (χ2v) is 9.59. The number of aryl methyl sites for hydroxylation is 1. The second kappa shape index (κ2) is 9.27. The maximum atomic E-state index is 12.5. The van der Waals surface area contributed by atoms with Crippen LogP contribution in [0.15, 0.2) is 18.2 Å². The maximum Gasteiger partial charge on any atom is 0.410 e. The number of nitrogens with zero attached hydrogens (tertiary/aromatic N) is 1. The number of ether oxygens (including phenoxy) is 2. The average Bonchev–Trinajstić information content (AvgIpc) is 3.14. The molecular formula is C24H35NO5. The summed E-state index contributed by atoms with van der Waals surface area (Å²) in [5, 5.41) is 9.26. The Labute approximate surface area is 179 Å². The zero-order chi connectivity index (χ0) is 21.9. The van der Waals surface area contributed by atoms with Gasteiger partial charge in [-0.2, -0.15) is 0 Å². The first-order valence-corrected chi connectivity index (χ1v) is 11.1. The zero-order valence-corrected chi connectivity index (χ0v) is 18.6. The van der Waals surface area contributed by atoms with Crippen molar-refractivity contribution in [3.63, 3.8) is 0 Å². The highest BCUT2D eigenvalue weighted by Gasteiger charge is 2.31. The highest BCUT2D eigenvalue weighted by molar-refractivity contribution is 5.76. The summed E-state index contributed by atoms with van der Waals surface area (Å²) in [5.74, 6) is 0.744. The van der Waals surface area contributed by atoms with Gasteiger partial charge in [0.05, 0.1) is 0 Å². The fraction of sp³-hybridized carbons (Fsp3) is 0.667. The molecule has 30 heavy (non-hydrogen) atoms. The normalized spacial score (nSPS) is 24.5. The Kier molecular flexibility index (Phi) is 6.94. The molecule has 0 radical (unpaired) electrons. The van der Waals surface area contributed by atoms with E-state index in [4.69, 9.17) is 9.47 Å². The first kappa shape index (κ1) is 22.4. The van der Waals surface area contributed by atoms with Crippen LogP contribution in [0, 0.1) is 18.8 Å². The average molecular weight is 418 g/mol. The summed E-state index contributed by atoms with van der Waals surface area (Å²) in [6.07, 6.45) is 6.03. The van der Waals surface area contributed by atoms with Crippen LogP contribution in [0.2, 0.25) is 0 Å². The summed E-state index contributed by atoms with van der Waals surface area (Å²) >= 11 is 0. The summed E-state index contributed by atoms with van der Waals surface area (Å²) < 4.78 is 11.4. The highest BCUT2D eigenvalue weighted by Crippen LogP contribution is 2.29. The van der Waals surface area contributed by atoms with E-state index >= 15 is 0 Å². The minimum Gasteiger partial charge on any atom is -0.478 e. The fourth-order valence-electron chi connectivity index (χ4n) is 4.33. The van der Waals surface area contributed by atoms with Gasteiger partial charge in [-0.25, -0.2) is 9.59 Å². The van der Waals surface area contributed by atoms with E-state index in [1.54, 1.807) is 13.8 Å². The van der Waals surface area contributed by atoms with E-state index in [1.165, 1.54) is 5.56 Å². The Bertz CT molecular complexity index is 767. The topological polar surface area (TPSA) is 76.1 Å². The van der Waals surface area contributed by atoms with E-state index in [2.05, 4.69) is 13.0 Å². The summed E-state index contributed by atoms with van der Waals surface area (Å²) in [5.41, 5.74) is 0.826. The molecule has 3 rings (SSSR count). The molecule has 0 spiro atoms. The molecule has 1 amide bonds. The molecule has 166 valence electrons. The number of benzene rings is 1. The van der Waals surface area contributed by atoms with Gasteiger partial charge in [-0.15, -0.1) is 0 Å². The van der Waals surface area contributed by atoms with Crippen LogP contribution in [-0.4, -0.2) is 46.9 Å². The molecule has 1 aliphatic carbocycles. The first-order chi connectivity index (χ1) is 14.1. The summed E-state index contributed by atoms with van der Waals surface area (Å²) in [6.45, 7) is 8.76. The lowest BCUT2D eigenvalue weighted by Gasteiger charge is -2.28. The minimum atomic E-state index is -1.27. The minimum absolute atomic E-state index is 0.0815. The lowest BCUT2D eigenvalue weighted by atomic mass is 9.89. The number of hydrogen-bond donors (Lipinski definition) is 1. The number of carbonyl (C=O) groups is 2. The van der Waals surface area contributed by atoms with Crippen molar-refractivity contribution in [2.45, 2.75) is 77.9 Å². The van der Waals surface area contributed by atoms with Crippen molar-refractivity contribution in [2.24, 2.45) is 11.8 Å². The summed E-state index contributed by atoms with van der Waals surface area (Å²) in [4.78, 5) is 25.7. The number of likely N-dealkylation sites (tertiary alicyclic amines) is 1. The molecule has 1 atom stereocenters. The van der Waals surface area contributed by atoms with Crippen molar-refractivity contribution < 1.29 is 24.2 Å². The van der Waals surface area contributed by atoms with Crippen LogP contribution in [0.1, 0.15) is 64.0 Å². The number of rotatable bonds is 6. The largest absolute Gasteiger partial charge is 0.478 e. The number of aliphatic carboxylic acids is 1. The standard InChI is InChI=1S/C24H35NO5/c1-16-5-8-20(9-6-16)29-23(28)25-12-11-19(15-25)14-18-7-10-21(17(2)13-18)30-24(3,4)22(26)27/h7,10,13,16,19-20H,5-6,8-9,11-12,14-15H2,1-4H3,(H,26,27). The molecule has 6 nitrogen and oxygen atoms in total. The third-order valence-corrected chi connectivity index (χ3v) is 6.42. The third kappa shape index (κ3) is 5.67. The lowest BCUT2D eigenvalue weighted by molar-refractivity contribution is -0.152. The monoisotopic (exact) mass is 417 g/mol. The number of amides is 1. The Hall–Kier alpha value is -2.24. The molecule has 1 aromatic carbocycles. The molecule has 2 aliphatic rings. The molecule has 1 aromatic rings. The Morgan fingerprint density at radius 2 is 1.87 bits per heavy atom. The molecule has 6 heteroatoms. The van der Waals surface area contributed by atoms with Crippen LogP contribution in [-0.2, 0) is 16.0 Å². The molecule has 1 aliphatic heterocycles. The predicted molar refractivity (Wildman–Crippen MR) is 115 cm³/mol. The van der Waals surface area contributed by atoms with Crippen molar-refractivity contribution in [3.8, 4) is 5.75 Å². The molecule has 1 unspecified atom stereocenters. The molecular weight excluding hydrogens is 382 g/mol. The molecule has 1 saturated carbocycles. The zero-order valence-electron chi connectivity index (χ0n) is 18.6. The van der Waals surface area contributed by atoms with Gasteiger partial charge in [-0.05, 0) is 88.3 Å². The van der Waals surface area contributed by atoms with Crippen molar-refractivity contribution >= 4 is 12.1 Å². The second-order valence-electron chi connectivity index (χ2n) is 9.59. The van der Waals surface area contributed by atoms with Gasteiger partial charge in [-0.3, -0.25) is 0 Å². The summed E-state index contributed by atoms with van der Waals surface area (Å²) in [6, 6.07) is 5.89. The van der Waals surface area contributed by atoms with Gasteiger partial charge in [0.15, 0.2) is 5.60 Å². The fourth-order valence-corrected chi connectivity index (χ4v) is 4.33. The van der Waals surface area contributed by atoms with Crippen LogP contribution >= 0.6 is 0 Å². The van der Waals surface area contributed by atoms with Gasteiger partial charge in [0.25, 0.3) is 0 Å². The van der Waals surface area contributed by atoms with Crippen molar-refractivity contribution in [3.05, 3.63) is 29.3 Å². The van der Waals surface area contributed by atoms with Crippen molar-refractivity contribution in [2.75, 3.05) is 13.1 Å². The van der Waals surface area contributed by atoms with E-state index in [0.29, 0.717) is 11.7 Å². The van der Waals surface area contributed by atoms with Gasteiger partial charge in [-0.1, -0.05) is 19.1 Å². The predicted octanol–water partition coefficient (Wildman–Crippen LogP) is 4.82. The maximum absolute atomic E-state index is 12.5. The SMILES string of the molecule is Cc1cc(CC2CCN(C(=O)OC3CCC(C)CC3)C2)ccc1OC(C)(C)C(=O)O. The quantitative estimate of drug-likeness (QED) is 0.718. The van der Waals surface area contributed by atoms with Crippen molar-refractivity contribution in [1.29, 1.82) is 0 Å². The van der Waals surface area contributed by atoms with Crippen molar-refractivity contribution in [1.82, 2.24) is 4.90 Å². The number of carboxylic acid groups (broad SMARTS) is 1. The summed E-state index contributed by atoms with van der Waals surface area (Å²) in [7, 11) is 0. The molecule has 1 saturated heterocycles. The number of hydrogen-bond acceptors (Lipinski definition) is 4.